The predicted octanol–water partition coefficient (Wildman–Crippen LogP) is 1.89. The zero-order valence-electron chi connectivity index (χ0n) is 16.7. The van der Waals surface area contributed by atoms with Crippen LogP contribution < -0.4 is 10.2 Å². The van der Waals surface area contributed by atoms with Crippen LogP contribution in [-0.2, 0) is 0 Å². The highest BCUT2D eigenvalue weighted by Crippen LogP contribution is 2.28. The van der Waals surface area contributed by atoms with Gasteiger partial charge in [0.15, 0.2) is 23.1 Å². The first-order valence-corrected chi connectivity index (χ1v) is 10.6. The van der Waals surface area contributed by atoms with Crippen LogP contribution in [0.3, 0.4) is 0 Å². The number of anilines is 2. The summed E-state index contributed by atoms with van der Waals surface area (Å²) in [5, 5.41) is 33.2. The number of piperazine rings is 1. The molecule has 1 saturated heterocycles. The molecule has 1 aliphatic rings. The Hall–Kier alpha value is -2.44. The first-order valence-electron chi connectivity index (χ1n) is 9.83. The number of aliphatic hydroxyl groups is 3. The van der Waals surface area contributed by atoms with Crippen molar-refractivity contribution in [2.24, 2.45) is 0 Å². The molecule has 8 nitrogen and oxygen atoms in total. The molecule has 0 aliphatic carbocycles. The third kappa shape index (κ3) is 4.75. The van der Waals surface area contributed by atoms with Gasteiger partial charge in [0.05, 0.1) is 16.3 Å². The SMILES string of the molecule is C[C@H](O)[C@@H](O)c1cnc(N2CCN(C(O)Nc3nc4ccc(F)cc4s3)CC2)c(F)c1. The highest BCUT2D eigenvalue weighted by atomic mass is 32.1. The molecule has 166 valence electrons. The number of thiazole rings is 1. The number of aliphatic hydroxyl groups excluding tert-OH is 3. The van der Waals surface area contributed by atoms with Crippen LogP contribution in [0.4, 0.5) is 19.7 Å². The van der Waals surface area contributed by atoms with Crippen molar-refractivity contribution in [2.45, 2.75) is 25.5 Å². The predicted molar refractivity (Wildman–Crippen MR) is 114 cm³/mol. The van der Waals surface area contributed by atoms with Crippen LogP contribution in [0.25, 0.3) is 10.2 Å². The lowest BCUT2D eigenvalue weighted by Gasteiger charge is -2.37. The Kier molecular flexibility index (Phi) is 6.30. The Morgan fingerprint density at radius 3 is 2.52 bits per heavy atom. The normalized spacial score (nSPS) is 18.2. The molecule has 0 saturated carbocycles. The van der Waals surface area contributed by atoms with Crippen molar-refractivity contribution in [3.05, 3.63) is 47.7 Å². The lowest BCUT2D eigenvalue weighted by molar-refractivity contribution is 0.0223. The molecule has 4 rings (SSSR count). The van der Waals surface area contributed by atoms with E-state index in [1.54, 1.807) is 15.9 Å². The van der Waals surface area contributed by atoms with E-state index in [2.05, 4.69) is 15.3 Å². The summed E-state index contributed by atoms with van der Waals surface area (Å²) >= 11 is 1.25. The van der Waals surface area contributed by atoms with Crippen LogP contribution in [-0.4, -0.2) is 68.8 Å². The number of hydrogen-bond donors (Lipinski definition) is 4. The zero-order valence-corrected chi connectivity index (χ0v) is 17.6. The molecule has 0 amide bonds. The van der Waals surface area contributed by atoms with Crippen molar-refractivity contribution >= 4 is 32.5 Å². The summed E-state index contributed by atoms with van der Waals surface area (Å²) in [6.45, 7) is 3.19. The maximum Gasteiger partial charge on any atom is 0.186 e. The van der Waals surface area contributed by atoms with Crippen molar-refractivity contribution in [3.63, 3.8) is 0 Å². The Labute approximate surface area is 181 Å². The van der Waals surface area contributed by atoms with Gasteiger partial charge in [0.25, 0.3) is 0 Å². The lowest BCUT2D eigenvalue weighted by Crippen LogP contribution is -2.53. The number of nitrogens with zero attached hydrogens (tertiary/aromatic N) is 4. The lowest BCUT2D eigenvalue weighted by atomic mass is 10.1. The second kappa shape index (κ2) is 8.97. The molecule has 0 radical (unpaired) electrons. The minimum Gasteiger partial charge on any atom is -0.390 e. The quantitative estimate of drug-likeness (QED) is 0.421. The van der Waals surface area contributed by atoms with Crippen molar-refractivity contribution < 1.29 is 24.1 Å². The average Bonchev–Trinajstić information content (AvgIpc) is 3.14. The second-order valence-electron chi connectivity index (χ2n) is 7.43. The van der Waals surface area contributed by atoms with E-state index in [-0.39, 0.29) is 17.2 Å². The smallest absolute Gasteiger partial charge is 0.186 e. The van der Waals surface area contributed by atoms with Crippen LogP contribution in [0.1, 0.15) is 18.6 Å². The Morgan fingerprint density at radius 1 is 1.10 bits per heavy atom. The summed E-state index contributed by atoms with van der Waals surface area (Å²) < 4.78 is 28.6. The van der Waals surface area contributed by atoms with Gasteiger partial charge in [-0.2, -0.15) is 0 Å². The van der Waals surface area contributed by atoms with Gasteiger partial charge in [0.1, 0.15) is 11.9 Å². The minimum absolute atomic E-state index is 0.164. The van der Waals surface area contributed by atoms with Crippen molar-refractivity contribution in [2.75, 3.05) is 36.4 Å². The third-order valence-corrected chi connectivity index (χ3v) is 6.15. The molecule has 31 heavy (non-hydrogen) atoms. The molecular formula is C20H23F2N5O3S. The topological polar surface area (TPSA) is 105 Å². The van der Waals surface area contributed by atoms with Gasteiger partial charge in [-0.15, -0.1) is 0 Å². The van der Waals surface area contributed by atoms with Gasteiger partial charge < -0.3 is 25.5 Å². The minimum atomic E-state index is -1.20. The van der Waals surface area contributed by atoms with Gasteiger partial charge in [-0.25, -0.2) is 18.7 Å². The monoisotopic (exact) mass is 451 g/mol. The number of fused-ring (bicyclic) bond motifs is 1. The molecule has 2 aromatic heterocycles. The fourth-order valence-corrected chi connectivity index (χ4v) is 4.37. The largest absolute Gasteiger partial charge is 0.390 e. The number of benzene rings is 1. The first kappa shape index (κ1) is 21.8. The molecule has 3 atom stereocenters. The number of hydrogen-bond acceptors (Lipinski definition) is 9. The van der Waals surface area contributed by atoms with Gasteiger partial charge >= 0.3 is 0 Å². The summed E-state index contributed by atoms with van der Waals surface area (Å²) in [5.41, 5.74) is 0.863. The van der Waals surface area contributed by atoms with Crippen LogP contribution in [0.15, 0.2) is 30.5 Å². The molecule has 1 aromatic carbocycles. The number of rotatable bonds is 6. The van der Waals surface area contributed by atoms with Gasteiger partial charge in [-0.3, -0.25) is 4.90 Å². The highest BCUT2D eigenvalue weighted by Gasteiger charge is 2.26. The number of pyridine rings is 1. The molecule has 0 spiro atoms. The van der Waals surface area contributed by atoms with Gasteiger partial charge in [-0.1, -0.05) is 11.3 Å². The summed E-state index contributed by atoms with van der Waals surface area (Å²) in [6, 6.07) is 5.51. The van der Waals surface area contributed by atoms with Gasteiger partial charge in [0.2, 0.25) is 0 Å². The Bertz CT molecular complexity index is 1060. The van der Waals surface area contributed by atoms with Crippen LogP contribution in [0, 0.1) is 11.6 Å². The van der Waals surface area contributed by atoms with E-state index >= 15 is 0 Å². The van der Waals surface area contributed by atoms with Crippen molar-refractivity contribution in [1.29, 1.82) is 0 Å². The van der Waals surface area contributed by atoms with Crippen molar-refractivity contribution in [3.8, 4) is 0 Å². The van der Waals surface area contributed by atoms with Crippen LogP contribution >= 0.6 is 11.3 Å². The fraction of sp³-hybridized carbons (Fsp3) is 0.400. The molecule has 3 aromatic rings. The second-order valence-corrected chi connectivity index (χ2v) is 8.46. The van der Waals surface area contributed by atoms with Gasteiger partial charge in [-0.05, 0) is 31.2 Å². The Balaban J connectivity index is 1.36. The van der Waals surface area contributed by atoms with E-state index in [1.807, 2.05) is 0 Å². The fourth-order valence-electron chi connectivity index (χ4n) is 3.46. The van der Waals surface area contributed by atoms with Crippen molar-refractivity contribution in [1.82, 2.24) is 14.9 Å². The highest BCUT2D eigenvalue weighted by molar-refractivity contribution is 7.22. The summed E-state index contributed by atoms with van der Waals surface area (Å²) in [7, 11) is 0. The van der Waals surface area contributed by atoms with Crippen LogP contribution in [0.2, 0.25) is 0 Å². The molecule has 11 heteroatoms. The van der Waals surface area contributed by atoms with Crippen LogP contribution in [0.5, 0.6) is 0 Å². The first-order chi connectivity index (χ1) is 14.8. The molecule has 1 unspecified atom stereocenters. The summed E-state index contributed by atoms with van der Waals surface area (Å²) in [4.78, 5) is 12.0. The van der Waals surface area contributed by atoms with E-state index in [9.17, 15) is 24.1 Å². The number of halogens is 2. The Morgan fingerprint density at radius 2 is 1.84 bits per heavy atom. The van der Waals surface area contributed by atoms with E-state index in [0.717, 1.165) is 0 Å². The standard InChI is InChI=1S/C20H23F2N5O3S/c1-11(28)17(29)12-8-14(22)18(23-10-12)26-4-6-27(7-5-26)20(30)25-19-24-15-3-2-13(21)9-16(15)31-19/h2-3,8-11,17,20,28-30H,4-7H2,1H3,(H,24,25)/t11-,17+,20?/m0/s1. The van der Waals surface area contributed by atoms with Gasteiger partial charge in [0, 0.05) is 37.9 Å². The van der Waals surface area contributed by atoms with E-state index in [0.29, 0.717) is 41.5 Å². The maximum absolute atomic E-state index is 14.5. The molecule has 3 heterocycles. The zero-order chi connectivity index (χ0) is 22.1. The van der Waals surface area contributed by atoms with E-state index in [4.69, 9.17) is 0 Å². The maximum atomic E-state index is 14.5. The average molecular weight is 451 g/mol. The summed E-state index contributed by atoms with van der Waals surface area (Å²) in [5.74, 6) is -0.753. The molecule has 4 N–H and O–H groups in total. The molecule has 1 aliphatic heterocycles. The molecule has 0 bridgehead atoms. The van der Waals surface area contributed by atoms with E-state index < -0.39 is 24.4 Å². The number of aromatic nitrogens is 2. The summed E-state index contributed by atoms with van der Waals surface area (Å²) in [6.07, 6.45) is -1.87. The molecular weight excluding hydrogens is 428 g/mol. The number of nitrogens with one attached hydrogen (secondary N) is 1. The van der Waals surface area contributed by atoms with E-state index in [1.165, 1.54) is 42.7 Å². The molecule has 1 fully saturated rings. The third-order valence-electron chi connectivity index (χ3n) is 5.20.